The van der Waals surface area contributed by atoms with Crippen LogP contribution in [-0.2, 0) is 0 Å². The lowest BCUT2D eigenvalue weighted by Gasteiger charge is -2.24. The van der Waals surface area contributed by atoms with Crippen LogP contribution in [0.4, 0.5) is 0 Å². The Morgan fingerprint density at radius 3 is 1.89 bits per heavy atom. The van der Waals surface area contributed by atoms with Gasteiger partial charge in [-0.3, -0.25) is 0 Å². The zero-order valence-corrected chi connectivity index (χ0v) is 7.07. The van der Waals surface area contributed by atoms with Gasteiger partial charge < -0.3 is 0 Å². The molecule has 0 aromatic heterocycles. The van der Waals surface area contributed by atoms with E-state index in [-0.39, 0.29) is 0 Å². The first-order chi connectivity index (χ1) is 3.98. The molecule has 0 aliphatic heterocycles. The molecule has 0 rings (SSSR count). The molecule has 0 spiro atoms. The van der Waals surface area contributed by atoms with Crippen molar-refractivity contribution < 1.29 is 0 Å². The molecule has 0 N–H and O–H groups in total. The van der Waals surface area contributed by atoms with Crippen molar-refractivity contribution in [3.05, 3.63) is 6.92 Å². The van der Waals surface area contributed by atoms with Gasteiger partial charge in [0.1, 0.15) is 0 Å². The summed E-state index contributed by atoms with van der Waals surface area (Å²) in [6.45, 7) is 14.5. The van der Waals surface area contributed by atoms with Gasteiger partial charge in [0.15, 0.2) is 0 Å². The van der Waals surface area contributed by atoms with Gasteiger partial charge in [-0.05, 0) is 31.1 Å². The molecule has 0 saturated carbocycles. The summed E-state index contributed by atoms with van der Waals surface area (Å²) in [4.78, 5) is 0. The largest absolute Gasteiger partial charge is 0.0628 e. The van der Waals surface area contributed by atoms with E-state index in [2.05, 4.69) is 27.7 Å². The highest BCUT2D eigenvalue weighted by Gasteiger charge is 2.15. The first-order valence-electron chi connectivity index (χ1n) is 3.68. The van der Waals surface area contributed by atoms with Crippen LogP contribution in [0.1, 0.15) is 40.5 Å². The molecule has 9 heavy (non-hydrogen) atoms. The molecule has 0 heteroatoms. The Labute approximate surface area is 59.7 Å². The van der Waals surface area contributed by atoms with Crippen LogP contribution in [0.5, 0.6) is 0 Å². The maximum atomic E-state index is 5.55. The van der Waals surface area contributed by atoms with Crippen LogP contribution in [0.25, 0.3) is 0 Å². The molecule has 2 radical (unpaired) electrons. The van der Waals surface area contributed by atoms with E-state index in [0.29, 0.717) is 5.41 Å². The minimum atomic E-state index is 0.341. The molecule has 0 unspecified atom stereocenters. The highest BCUT2D eigenvalue weighted by atomic mass is 14.2. The van der Waals surface area contributed by atoms with Crippen LogP contribution in [-0.4, -0.2) is 0 Å². The van der Waals surface area contributed by atoms with Crippen molar-refractivity contribution in [1.29, 1.82) is 0 Å². The lowest BCUT2D eigenvalue weighted by molar-refractivity contribution is 0.289. The van der Waals surface area contributed by atoms with Crippen LogP contribution in [0, 0.1) is 18.3 Å². The van der Waals surface area contributed by atoms with Crippen LogP contribution in [0.15, 0.2) is 0 Å². The Bertz CT molecular complexity index is 70.1. The quantitative estimate of drug-likeness (QED) is 0.545. The summed E-state index contributed by atoms with van der Waals surface area (Å²) >= 11 is 0. The van der Waals surface area contributed by atoms with Gasteiger partial charge >= 0.3 is 0 Å². The van der Waals surface area contributed by atoms with E-state index < -0.39 is 0 Å². The number of hydrogen-bond acceptors (Lipinski definition) is 0. The highest BCUT2D eigenvalue weighted by molar-refractivity contribution is 4.70. The van der Waals surface area contributed by atoms with Gasteiger partial charge in [0.05, 0.1) is 0 Å². The Hall–Kier alpha value is 0. The number of rotatable bonds is 3. The molecule has 0 bridgehead atoms. The molecule has 0 aliphatic carbocycles. The maximum Gasteiger partial charge on any atom is -0.0346 e. The van der Waals surface area contributed by atoms with E-state index in [4.69, 9.17) is 6.92 Å². The molecular formula is C9H18. The van der Waals surface area contributed by atoms with Crippen LogP contribution >= 0.6 is 0 Å². The molecule has 0 amide bonds. The van der Waals surface area contributed by atoms with E-state index >= 15 is 0 Å². The molecule has 0 heterocycles. The van der Waals surface area contributed by atoms with Gasteiger partial charge in [0.25, 0.3) is 0 Å². The van der Waals surface area contributed by atoms with Gasteiger partial charge in [-0.2, -0.15) is 0 Å². The van der Waals surface area contributed by atoms with Crippen molar-refractivity contribution in [2.24, 2.45) is 11.3 Å². The van der Waals surface area contributed by atoms with Crippen molar-refractivity contribution in [2.75, 3.05) is 0 Å². The molecule has 0 aromatic rings. The second kappa shape index (κ2) is 3.24. The summed E-state index contributed by atoms with van der Waals surface area (Å²) in [5, 5.41) is 0. The normalized spacial score (nSPS) is 12.7. The van der Waals surface area contributed by atoms with Crippen LogP contribution in [0.3, 0.4) is 0 Å². The summed E-state index contributed by atoms with van der Waals surface area (Å²) < 4.78 is 0. The Balaban J connectivity index is 3.58. The van der Waals surface area contributed by atoms with Gasteiger partial charge in [-0.15, -0.1) is 0 Å². The molecule has 0 aromatic carbocycles. The third-order valence-corrected chi connectivity index (χ3v) is 1.51. The minimum Gasteiger partial charge on any atom is -0.0628 e. The Kier molecular flexibility index (Phi) is 3.24. The standard InChI is InChI=1S/C9H18/c1-6-9(4,5)7-8(2)3/h1,8H,6-7H2,2-5H3. The average molecular weight is 126 g/mol. The van der Waals surface area contributed by atoms with Crippen molar-refractivity contribution in [3.8, 4) is 0 Å². The van der Waals surface area contributed by atoms with Gasteiger partial charge in [-0.1, -0.05) is 27.7 Å². The fraction of sp³-hybridized carbons (Fsp3) is 0.889. The van der Waals surface area contributed by atoms with E-state index in [1.54, 1.807) is 0 Å². The minimum absolute atomic E-state index is 0.341. The first-order valence-corrected chi connectivity index (χ1v) is 3.68. The average Bonchev–Trinajstić information content (AvgIpc) is 1.63. The number of hydrogen-bond donors (Lipinski definition) is 0. The lowest BCUT2D eigenvalue weighted by atomic mass is 9.82. The topological polar surface area (TPSA) is 0 Å². The van der Waals surface area contributed by atoms with E-state index in [9.17, 15) is 0 Å². The Morgan fingerprint density at radius 2 is 1.78 bits per heavy atom. The van der Waals surface area contributed by atoms with Gasteiger partial charge in [-0.25, -0.2) is 0 Å². The monoisotopic (exact) mass is 126 g/mol. The van der Waals surface area contributed by atoms with Crippen LogP contribution in [0.2, 0.25) is 0 Å². The smallest absolute Gasteiger partial charge is 0.0346 e. The van der Waals surface area contributed by atoms with Gasteiger partial charge in [0.2, 0.25) is 0 Å². The third kappa shape index (κ3) is 4.50. The summed E-state index contributed by atoms with van der Waals surface area (Å²) in [5.41, 5.74) is 0.341. The second-order valence-corrected chi connectivity index (χ2v) is 3.97. The van der Waals surface area contributed by atoms with E-state index in [0.717, 1.165) is 12.3 Å². The van der Waals surface area contributed by atoms with Crippen molar-refractivity contribution in [1.82, 2.24) is 0 Å². The first kappa shape index (κ1) is 9.00. The summed E-state index contributed by atoms with van der Waals surface area (Å²) in [7, 11) is 0. The van der Waals surface area contributed by atoms with Crippen molar-refractivity contribution in [3.63, 3.8) is 0 Å². The molecule has 0 fully saturated rings. The van der Waals surface area contributed by atoms with E-state index in [1.165, 1.54) is 6.42 Å². The predicted octanol–water partition coefficient (Wildman–Crippen LogP) is 3.16. The Morgan fingerprint density at radius 1 is 1.33 bits per heavy atom. The van der Waals surface area contributed by atoms with Crippen molar-refractivity contribution >= 4 is 0 Å². The maximum absolute atomic E-state index is 5.55. The van der Waals surface area contributed by atoms with E-state index in [1.807, 2.05) is 0 Å². The predicted molar refractivity (Wildman–Crippen MR) is 42.2 cm³/mol. The van der Waals surface area contributed by atoms with Gasteiger partial charge in [0, 0.05) is 0 Å². The molecule has 0 saturated heterocycles. The summed E-state index contributed by atoms with van der Waals surface area (Å²) in [5.74, 6) is 0.767. The van der Waals surface area contributed by atoms with Crippen molar-refractivity contribution in [2.45, 2.75) is 40.5 Å². The fourth-order valence-electron chi connectivity index (χ4n) is 1.19. The molecule has 0 nitrogen and oxygen atoms in total. The zero-order valence-electron chi connectivity index (χ0n) is 7.07. The second-order valence-electron chi connectivity index (χ2n) is 3.97. The summed E-state index contributed by atoms with van der Waals surface area (Å²) in [6, 6.07) is 0. The fourth-order valence-corrected chi connectivity index (χ4v) is 1.19. The zero-order chi connectivity index (χ0) is 7.49. The SMILES string of the molecule is [CH]CC(C)(C)CC(C)C. The third-order valence-electron chi connectivity index (χ3n) is 1.51. The lowest BCUT2D eigenvalue weighted by Crippen LogP contribution is -2.12. The molecule has 0 aliphatic rings. The van der Waals surface area contributed by atoms with Crippen LogP contribution < -0.4 is 0 Å². The molecule has 54 valence electrons. The highest BCUT2D eigenvalue weighted by Crippen LogP contribution is 2.27. The molecular weight excluding hydrogens is 108 g/mol. The summed E-state index contributed by atoms with van der Waals surface area (Å²) in [6.07, 6.45) is 2.02. The molecule has 0 atom stereocenters.